The zero-order valence-corrected chi connectivity index (χ0v) is 8.24. The molecule has 2 unspecified atom stereocenters. The molecule has 2 N–H and O–H groups in total. The molecule has 13 heavy (non-hydrogen) atoms. The lowest BCUT2D eigenvalue weighted by Gasteiger charge is -2.12. The highest BCUT2D eigenvalue weighted by atomic mass is 16.3. The van der Waals surface area contributed by atoms with Crippen LogP contribution in [0.25, 0.3) is 0 Å². The van der Waals surface area contributed by atoms with Crippen molar-refractivity contribution in [3.05, 3.63) is 0 Å². The first-order valence-electron chi connectivity index (χ1n) is 4.93. The first kappa shape index (κ1) is 12.4. The minimum atomic E-state index is -0.427. The lowest BCUT2D eigenvalue weighted by atomic mass is 10.00. The average molecular weight is 185 g/mol. The molecule has 0 aliphatic heterocycles. The van der Waals surface area contributed by atoms with E-state index in [9.17, 15) is 5.11 Å². The summed E-state index contributed by atoms with van der Waals surface area (Å²) in [5.74, 6) is -0.406. The third-order valence-corrected chi connectivity index (χ3v) is 2.10. The predicted octanol–water partition coefficient (Wildman–Crippen LogP) is 1.45. The largest absolute Gasteiger partial charge is 0.395 e. The van der Waals surface area contributed by atoms with Gasteiger partial charge < -0.3 is 10.2 Å². The zero-order chi connectivity index (χ0) is 10.1. The highest BCUT2D eigenvalue weighted by Crippen LogP contribution is 2.11. The van der Waals surface area contributed by atoms with Gasteiger partial charge in [-0.1, -0.05) is 26.2 Å². The van der Waals surface area contributed by atoms with Crippen molar-refractivity contribution in [1.82, 2.24) is 0 Å². The Kier molecular flexibility index (Phi) is 7.66. The Labute approximate surface area is 80.0 Å². The van der Waals surface area contributed by atoms with Crippen molar-refractivity contribution in [2.24, 2.45) is 5.92 Å². The van der Waals surface area contributed by atoms with E-state index in [4.69, 9.17) is 10.4 Å². The smallest absolute Gasteiger partial charge is 0.0719 e. The van der Waals surface area contributed by atoms with Gasteiger partial charge in [0.25, 0.3) is 0 Å². The number of rotatable bonds is 7. The van der Waals surface area contributed by atoms with Crippen LogP contribution in [0.1, 0.15) is 39.0 Å². The minimum Gasteiger partial charge on any atom is -0.395 e. The zero-order valence-electron chi connectivity index (χ0n) is 8.24. The summed E-state index contributed by atoms with van der Waals surface area (Å²) in [6, 6.07) is 1.96. The highest BCUT2D eigenvalue weighted by Gasteiger charge is 2.12. The van der Waals surface area contributed by atoms with Gasteiger partial charge in [-0.3, -0.25) is 0 Å². The molecule has 3 heteroatoms. The number of nitriles is 1. The molecule has 0 aliphatic carbocycles. The van der Waals surface area contributed by atoms with Gasteiger partial charge >= 0.3 is 0 Å². The van der Waals surface area contributed by atoms with E-state index in [1.54, 1.807) is 0 Å². The summed E-state index contributed by atoms with van der Waals surface area (Å²) in [5, 5.41) is 26.7. The summed E-state index contributed by atoms with van der Waals surface area (Å²) in [6.45, 7) is 1.96. The first-order chi connectivity index (χ1) is 6.24. The molecule has 2 atom stereocenters. The van der Waals surface area contributed by atoms with Crippen molar-refractivity contribution in [3.8, 4) is 6.07 Å². The molecule has 0 aromatic rings. The molecule has 0 heterocycles. The summed E-state index contributed by atoms with van der Waals surface area (Å²) in [4.78, 5) is 0. The number of nitrogens with zero attached hydrogens (tertiary/aromatic N) is 1. The molecule has 0 saturated heterocycles. The third kappa shape index (κ3) is 6.56. The molecule has 0 saturated carbocycles. The van der Waals surface area contributed by atoms with E-state index in [2.05, 4.69) is 6.92 Å². The standard InChI is InChI=1S/C10H19NO2/c1-2-3-4-5-10(13)6-9(7-11)8-12/h9-10,12-13H,2-6,8H2,1H3. The Morgan fingerprint density at radius 2 is 2.08 bits per heavy atom. The van der Waals surface area contributed by atoms with Gasteiger partial charge in [0.05, 0.1) is 24.7 Å². The third-order valence-electron chi connectivity index (χ3n) is 2.10. The van der Waals surface area contributed by atoms with Crippen LogP contribution in [0.5, 0.6) is 0 Å². The summed E-state index contributed by atoms with van der Waals surface area (Å²) in [6.07, 6.45) is 3.97. The maximum atomic E-state index is 9.45. The average Bonchev–Trinajstić information content (AvgIpc) is 2.14. The molecule has 0 fully saturated rings. The monoisotopic (exact) mass is 185 g/mol. The maximum Gasteiger partial charge on any atom is 0.0719 e. The summed E-state index contributed by atoms with van der Waals surface area (Å²) in [7, 11) is 0. The fourth-order valence-corrected chi connectivity index (χ4v) is 1.24. The lowest BCUT2D eigenvalue weighted by molar-refractivity contribution is 0.122. The van der Waals surface area contributed by atoms with Gasteiger partial charge in [0, 0.05) is 0 Å². The summed E-state index contributed by atoms with van der Waals surface area (Å²) in [5.41, 5.74) is 0. The van der Waals surface area contributed by atoms with Gasteiger partial charge in [-0.25, -0.2) is 0 Å². The van der Waals surface area contributed by atoms with Crippen LogP contribution in [0.3, 0.4) is 0 Å². The van der Waals surface area contributed by atoms with E-state index in [1.165, 1.54) is 0 Å². The van der Waals surface area contributed by atoms with Crippen LogP contribution in [0.4, 0.5) is 0 Å². The van der Waals surface area contributed by atoms with Crippen LogP contribution in [-0.4, -0.2) is 22.9 Å². The van der Waals surface area contributed by atoms with E-state index in [0.717, 1.165) is 25.7 Å². The summed E-state index contributed by atoms with van der Waals surface area (Å²) >= 11 is 0. The molecule has 76 valence electrons. The van der Waals surface area contributed by atoms with Crippen LogP contribution < -0.4 is 0 Å². The van der Waals surface area contributed by atoms with Crippen molar-refractivity contribution in [3.63, 3.8) is 0 Å². The van der Waals surface area contributed by atoms with Gasteiger partial charge in [-0.2, -0.15) is 5.26 Å². The highest BCUT2D eigenvalue weighted by molar-refractivity contribution is 4.83. The fraction of sp³-hybridized carbons (Fsp3) is 0.900. The molecule has 0 aliphatic rings. The minimum absolute atomic E-state index is 0.151. The normalized spacial score (nSPS) is 14.9. The van der Waals surface area contributed by atoms with Crippen LogP contribution in [0.2, 0.25) is 0 Å². The number of unbranched alkanes of at least 4 members (excludes halogenated alkanes) is 2. The Bertz CT molecular complexity index is 153. The molecule has 0 spiro atoms. The molecular formula is C10H19NO2. The number of hydrogen-bond acceptors (Lipinski definition) is 3. The molecular weight excluding hydrogens is 166 g/mol. The molecule has 0 rings (SSSR count). The molecule has 0 aromatic carbocycles. The molecule has 0 amide bonds. The van der Waals surface area contributed by atoms with E-state index in [-0.39, 0.29) is 6.61 Å². The molecule has 0 aromatic heterocycles. The van der Waals surface area contributed by atoms with Gasteiger partial charge in [-0.15, -0.1) is 0 Å². The number of aliphatic hydroxyl groups is 2. The van der Waals surface area contributed by atoms with E-state index in [0.29, 0.717) is 6.42 Å². The SMILES string of the molecule is CCCCCC(O)CC(C#N)CO. The van der Waals surface area contributed by atoms with Crippen molar-refractivity contribution in [2.75, 3.05) is 6.61 Å². The second-order valence-corrected chi connectivity index (χ2v) is 3.39. The van der Waals surface area contributed by atoms with Gasteiger partial charge in [0.1, 0.15) is 0 Å². The summed E-state index contributed by atoms with van der Waals surface area (Å²) < 4.78 is 0. The van der Waals surface area contributed by atoms with Crippen molar-refractivity contribution in [1.29, 1.82) is 5.26 Å². The van der Waals surface area contributed by atoms with Crippen molar-refractivity contribution in [2.45, 2.75) is 45.1 Å². The molecule has 3 nitrogen and oxygen atoms in total. The van der Waals surface area contributed by atoms with Gasteiger partial charge in [0.2, 0.25) is 0 Å². The second-order valence-electron chi connectivity index (χ2n) is 3.39. The quantitative estimate of drug-likeness (QED) is 0.590. The first-order valence-corrected chi connectivity index (χ1v) is 4.93. The Hall–Kier alpha value is -0.590. The Morgan fingerprint density at radius 3 is 2.54 bits per heavy atom. The van der Waals surface area contributed by atoms with E-state index < -0.39 is 12.0 Å². The van der Waals surface area contributed by atoms with Crippen LogP contribution in [0, 0.1) is 17.2 Å². The molecule has 0 radical (unpaired) electrons. The van der Waals surface area contributed by atoms with Gasteiger partial charge in [-0.05, 0) is 12.8 Å². The van der Waals surface area contributed by atoms with Crippen LogP contribution >= 0.6 is 0 Å². The second kappa shape index (κ2) is 8.03. The van der Waals surface area contributed by atoms with Crippen LogP contribution in [-0.2, 0) is 0 Å². The van der Waals surface area contributed by atoms with Gasteiger partial charge in [0.15, 0.2) is 0 Å². The lowest BCUT2D eigenvalue weighted by Crippen LogP contribution is -2.15. The topological polar surface area (TPSA) is 64.2 Å². The molecule has 0 bridgehead atoms. The van der Waals surface area contributed by atoms with Crippen molar-refractivity contribution < 1.29 is 10.2 Å². The van der Waals surface area contributed by atoms with E-state index in [1.807, 2.05) is 6.07 Å². The van der Waals surface area contributed by atoms with E-state index >= 15 is 0 Å². The predicted molar refractivity (Wildman–Crippen MR) is 51.0 cm³/mol. The Morgan fingerprint density at radius 1 is 1.38 bits per heavy atom. The fourth-order valence-electron chi connectivity index (χ4n) is 1.24. The van der Waals surface area contributed by atoms with Crippen molar-refractivity contribution >= 4 is 0 Å². The number of aliphatic hydroxyl groups excluding tert-OH is 2. The number of hydrogen-bond donors (Lipinski definition) is 2. The maximum absolute atomic E-state index is 9.45. The Balaban J connectivity index is 3.49. The van der Waals surface area contributed by atoms with Crippen LogP contribution in [0.15, 0.2) is 0 Å².